The molecule has 2 aromatic carbocycles. The van der Waals surface area contributed by atoms with E-state index in [0.29, 0.717) is 28.9 Å². The molecule has 0 saturated carbocycles. The number of aromatic nitrogens is 3. The van der Waals surface area contributed by atoms with Gasteiger partial charge < -0.3 is 10.1 Å². The lowest BCUT2D eigenvalue weighted by Gasteiger charge is -2.10. The molecule has 0 aliphatic heterocycles. The number of benzene rings is 2. The number of nitrogens with zero attached hydrogens (tertiary/aromatic N) is 3. The van der Waals surface area contributed by atoms with Crippen LogP contribution in [0.1, 0.15) is 15.9 Å². The van der Waals surface area contributed by atoms with Gasteiger partial charge in [0.15, 0.2) is 5.65 Å². The molecule has 0 bridgehead atoms. The third-order valence-corrected chi connectivity index (χ3v) is 4.47. The lowest BCUT2D eigenvalue weighted by Crippen LogP contribution is -2.14. The normalized spacial score (nSPS) is 11.5. The lowest BCUT2D eigenvalue weighted by atomic mass is 10.1. The summed E-state index contributed by atoms with van der Waals surface area (Å²) >= 11 is 0. The van der Waals surface area contributed by atoms with Crippen LogP contribution in [0.3, 0.4) is 0 Å². The predicted molar refractivity (Wildman–Crippen MR) is 104 cm³/mol. The van der Waals surface area contributed by atoms with Crippen molar-refractivity contribution < 1.29 is 27.1 Å². The van der Waals surface area contributed by atoms with E-state index < -0.39 is 23.5 Å². The number of carbonyl (C=O) groups is 1. The van der Waals surface area contributed by atoms with Crippen LogP contribution < -0.4 is 10.1 Å². The van der Waals surface area contributed by atoms with Gasteiger partial charge in [0.25, 0.3) is 5.91 Å². The maximum atomic E-state index is 14.3. The Bertz CT molecular complexity index is 1280. The van der Waals surface area contributed by atoms with Crippen LogP contribution in [0.5, 0.6) is 5.88 Å². The van der Waals surface area contributed by atoms with Crippen LogP contribution in [-0.4, -0.2) is 27.6 Å². The van der Waals surface area contributed by atoms with Gasteiger partial charge in [0.1, 0.15) is 5.82 Å². The Morgan fingerprint density at radius 2 is 1.90 bits per heavy atom. The number of hydrogen-bond acceptors (Lipinski definition) is 4. The van der Waals surface area contributed by atoms with Crippen molar-refractivity contribution in [3.05, 3.63) is 77.7 Å². The summed E-state index contributed by atoms with van der Waals surface area (Å²) in [6.45, 7) is 0. The first kappa shape index (κ1) is 20.3. The number of carbonyl (C=O) groups excluding carboxylic acids is 1. The highest BCUT2D eigenvalue weighted by molar-refractivity contribution is 6.04. The molecule has 0 fully saturated rings. The second-order valence-corrected chi connectivity index (χ2v) is 6.53. The van der Waals surface area contributed by atoms with E-state index in [9.17, 15) is 22.4 Å². The number of halogens is 4. The number of anilines is 1. The van der Waals surface area contributed by atoms with Crippen molar-refractivity contribution >= 4 is 17.2 Å². The highest BCUT2D eigenvalue weighted by Crippen LogP contribution is 2.30. The monoisotopic (exact) mass is 430 g/mol. The summed E-state index contributed by atoms with van der Waals surface area (Å²) in [6, 6.07) is 11.2. The van der Waals surface area contributed by atoms with Gasteiger partial charge in [0, 0.05) is 17.2 Å². The number of amides is 1. The maximum absolute atomic E-state index is 14.3. The summed E-state index contributed by atoms with van der Waals surface area (Å²) in [6.07, 6.45) is -3.00. The van der Waals surface area contributed by atoms with E-state index >= 15 is 0 Å². The minimum Gasteiger partial charge on any atom is -0.480 e. The zero-order valence-corrected chi connectivity index (χ0v) is 15.9. The molecule has 31 heavy (non-hydrogen) atoms. The molecular formula is C21H14F4N4O2. The van der Waals surface area contributed by atoms with Crippen LogP contribution in [0.25, 0.3) is 16.9 Å². The summed E-state index contributed by atoms with van der Waals surface area (Å²) in [7, 11) is 1.48. The topological polar surface area (TPSA) is 68.5 Å². The van der Waals surface area contributed by atoms with Crippen LogP contribution in [-0.2, 0) is 6.18 Å². The number of imidazole rings is 1. The molecule has 0 atom stereocenters. The fourth-order valence-electron chi connectivity index (χ4n) is 2.92. The molecule has 0 aliphatic carbocycles. The first-order valence-corrected chi connectivity index (χ1v) is 8.93. The fourth-order valence-corrected chi connectivity index (χ4v) is 2.92. The second kappa shape index (κ2) is 7.71. The van der Waals surface area contributed by atoms with Gasteiger partial charge in [-0.3, -0.25) is 4.79 Å². The molecule has 4 rings (SSSR count). The van der Waals surface area contributed by atoms with Crippen molar-refractivity contribution in [1.29, 1.82) is 0 Å². The molecule has 2 heterocycles. The number of nitrogens with one attached hydrogen (secondary N) is 1. The predicted octanol–water partition coefficient (Wildman–Crippen LogP) is 4.82. The molecule has 2 aromatic heterocycles. The third kappa shape index (κ3) is 4.18. The number of rotatable bonds is 4. The second-order valence-electron chi connectivity index (χ2n) is 6.53. The van der Waals surface area contributed by atoms with Gasteiger partial charge in [-0.05, 0) is 42.5 Å². The Kier molecular flexibility index (Phi) is 5.05. The molecule has 0 radical (unpaired) electrons. The summed E-state index contributed by atoms with van der Waals surface area (Å²) in [5.41, 5.74) is 0.0448. The SMILES string of the molecule is COc1ccc2nc(-c3ccc(F)c(NC(=O)c4cccc(C(F)(F)F)c4)c3)cn2n1. The van der Waals surface area contributed by atoms with Gasteiger partial charge >= 0.3 is 6.18 Å². The molecular weight excluding hydrogens is 416 g/mol. The Balaban J connectivity index is 1.63. The first-order valence-electron chi connectivity index (χ1n) is 8.93. The smallest absolute Gasteiger partial charge is 0.416 e. The van der Waals surface area contributed by atoms with Gasteiger partial charge in [-0.1, -0.05) is 6.07 Å². The minimum absolute atomic E-state index is 0.192. The van der Waals surface area contributed by atoms with Crippen LogP contribution in [0.4, 0.5) is 23.2 Å². The molecule has 0 unspecified atom stereocenters. The zero-order chi connectivity index (χ0) is 22.2. The summed E-state index contributed by atoms with van der Waals surface area (Å²) in [5.74, 6) is -1.24. The third-order valence-electron chi connectivity index (χ3n) is 4.47. The molecule has 158 valence electrons. The molecule has 0 saturated heterocycles. The minimum atomic E-state index is -4.60. The zero-order valence-electron chi connectivity index (χ0n) is 15.9. The Labute approximate surface area is 173 Å². The molecule has 0 spiro atoms. The Morgan fingerprint density at radius 1 is 1.10 bits per heavy atom. The van der Waals surface area contributed by atoms with E-state index in [0.717, 1.165) is 18.2 Å². The van der Waals surface area contributed by atoms with E-state index in [2.05, 4.69) is 15.4 Å². The average Bonchev–Trinajstić information content (AvgIpc) is 3.18. The summed E-state index contributed by atoms with van der Waals surface area (Å²) < 4.78 is 59.5. The largest absolute Gasteiger partial charge is 0.480 e. The van der Waals surface area contributed by atoms with Gasteiger partial charge in [-0.15, -0.1) is 5.10 Å². The molecule has 0 aliphatic rings. The Hall–Kier alpha value is -3.95. The number of methoxy groups -OCH3 is 1. The molecule has 4 aromatic rings. The fraction of sp³-hybridized carbons (Fsp3) is 0.0952. The van der Waals surface area contributed by atoms with Crippen molar-refractivity contribution in [3.8, 4) is 17.1 Å². The standard InChI is InChI=1S/C21H14F4N4O2/c1-31-19-8-7-18-26-17(11-29(18)28-19)12-5-6-15(22)16(10-12)27-20(30)13-3-2-4-14(9-13)21(23,24)25/h2-11H,1H3,(H,27,30). The lowest BCUT2D eigenvalue weighted by molar-refractivity contribution is -0.137. The van der Waals surface area contributed by atoms with Crippen LogP contribution in [0.2, 0.25) is 0 Å². The Morgan fingerprint density at radius 3 is 2.65 bits per heavy atom. The van der Waals surface area contributed by atoms with Gasteiger partial charge in [-0.2, -0.15) is 13.2 Å². The van der Waals surface area contributed by atoms with Crippen molar-refractivity contribution in [2.45, 2.75) is 6.18 Å². The first-order chi connectivity index (χ1) is 14.7. The number of ether oxygens (including phenoxy) is 1. The van der Waals surface area contributed by atoms with Crippen molar-refractivity contribution in [2.75, 3.05) is 12.4 Å². The van der Waals surface area contributed by atoms with Gasteiger partial charge in [0.05, 0.1) is 30.3 Å². The summed E-state index contributed by atoms with van der Waals surface area (Å²) in [5, 5.41) is 6.51. The van der Waals surface area contributed by atoms with E-state index in [1.807, 2.05) is 0 Å². The molecule has 10 heteroatoms. The van der Waals surface area contributed by atoms with Gasteiger partial charge in [-0.25, -0.2) is 13.9 Å². The summed E-state index contributed by atoms with van der Waals surface area (Å²) in [4.78, 5) is 16.8. The van der Waals surface area contributed by atoms with Gasteiger partial charge in [0.2, 0.25) is 5.88 Å². The van der Waals surface area contributed by atoms with Crippen molar-refractivity contribution in [2.24, 2.45) is 0 Å². The molecule has 6 nitrogen and oxygen atoms in total. The van der Waals surface area contributed by atoms with Crippen LogP contribution in [0, 0.1) is 5.82 Å². The maximum Gasteiger partial charge on any atom is 0.416 e. The van der Waals surface area contributed by atoms with E-state index in [1.54, 1.807) is 18.3 Å². The van der Waals surface area contributed by atoms with Crippen molar-refractivity contribution in [3.63, 3.8) is 0 Å². The highest BCUT2D eigenvalue weighted by atomic mass is 19.4. The van der Waals surface area contributed by atoms with Crippen LogP contribution >= 0.6 is 0 Å². The van der Waals surface area contributed by atoms with E-state index in [-0.39, 0.29) is 11.3 Å². The van der Waals surface area contributed by atoms with Crippen LogP contribution in [0.15, 0.2) is 60.8 Å². The quantitative estimate of drug-likeness (QED) is 0.472. The molecule has 1 amide bonds. The number of alkyl halides is 3. The van der Waals surface area contributed by atoms with E-state index in [4.69, 9.17) is 4.74 Å². The molecule has 1 N–H and O–H groups in total. The highest BCUT2D eigenvalue weighted by Gasteiger charge is 2.31. The van der Waals surface area contributed by atoms with E-state index in [1.165, 1.54) is 29.8 Å². The average molecular weight is 430 g/mol. The van der Waals surface area contributed by atoms with Crippen molar-refractivity contribution in [1.82, 2.24) is 14.6 Å². The number of hydrogen-bond donors (Lipinski definition) is 1. The number of fused-ring (bicyclic) bond motifs is 1.